The maximum Gasteiger partial charge on any atom is 0.338 e. The van der Waals surface area contributed by atoms with Crippen LogP contribution in [0.3, 0.4) is 0 Å². The van der Waals surface area contributed by atoms with Crippen LogP contribution in [-0.4, -0.2) is 56.8 Å². The summed E-state index contributed by atoms with van der Waals surface area (Å²) in [5, 5.41) is 5.38. The molecule has 4 rings (SSSR count). The third-order valence-electron chi connectivity index (χ3n) is 5.62. The Hall–Kier alpha value is -3.44. The number of hydrogen-bond acceptors (Lipinski definition) is 7. The molecule has 180 valence electrons. The lowest BCUT2D eigenvalue weighted by atomic mass is 9.98. The van der Waals surface area contributed by atoms with Gasteiger partial charge in [0, 0.05) is 18.8 Å². The Morgan fingerprint density at radius 2 is 2.06 bits per heavy atom. The summed E-state index contributed by atoms with van der Waals surface area (Å²) in [7, 11) is -3.89. The number of ether oxygens (including phenoxy) is 2. The van der Waals surface area contributed by atoms with Crippen LogP contribution < -0.4 is 15.4 Å². The van der Waals surface area contributed by atoms with Crippen LogP contribution >= 0.6 is 0 Å². The molecule has 2 aromatic rings. The Labute approximate surface area is 197 Å². The third-order valence-corrected chi connectivity index (χ3v) is 7.48. The molecule has 2 aliphatic heterocycles. The number of sulfonamides is 1. The van der Waals surface area contributed by atoms with Gasteiger partial charge < -0.3 is 20.1 Å². The molecule has 0 bridgehead atoms. The lowest BCUT2D eigenvalue weighted by Crippen LogP contribution is -2.43. The third kappa shape index (κ3) is 5.05. The quantitative estimate of drug-likeness (QED) is 0.598. The number of esters is 1. The number of rotatable bonds is 6. The summed E-state index contributed by atoms with van der Waals surface area (Å²) >= 11 is 0. The maximum absolute atomic E-state index is 13.3. The van der Waals surface area contributed by atoms with E-state index < -0.39 is 21.9 Å². The topological polar surface area (TPSA) is 131 Å². The summed E-state index contributed by atoms with van der Waals surface area (Å²) < 4.78 is 38.1. The van der Waals surface area contributed by atoms with Crippen LogP contribution in [0.2, 0.25) is 0 Å². The van der Waals surface area contributed by atoms with Crippen LogP contribution in [-0.2, 0) is 24.3 Å². The monoisotopic (exact) mass is 487 g/mol. The van der Waals surface area contributed by atoms with Crippen molar-refractivity contribution in [2.75, 3.05) is 36.9 Å². The van der Waals surface area contributed by atoms with E-state index in [0.717, 1.165) is 0 Å². The van der Waals surface area contributed by atoms with Crippen molar-refractivity contribution in [1.82, 2.24) is 4.31 Å². The summed E-state index contributed by atoms with van der Waals surface area (Å²) in [6, 6.07) is 10.7. The van der Waals surface area contributed by atoms with Gasteiger partial charge in [0.2, 0.25) is 15.9 Å². The van der Waals surface area contributed by atoms with Gasteiger partial charge in [-0.2, -0.15) is 4.31 Å². The fraction of sp³-hybridized carbons (Fsp3) is 0.348. The molecule has 2 aliphatic rings. The predicted octanol–water partition coefficient (Wildman–Crippen LogP) is 2.23. The van der Waals surface area contributed by atoms with E-state index in [1.165, 1.54) is 28.6 Å². The number of nitrogens with one attached hydrogen (secondary N) is 2. The summed E-state index contributed by atoms with van der Waals surface area (Å²) in [4.78, 5) is 36.4. The molecule has 2 N–H and O–H groups in total. The number of amides is 2. The van der Waals surface area contributed by atoms with Gasteiger partial charge in [-0.15, -0.1) is 0 Å². The highest BCUT2D eigenvalue weighted by Gasteiger charge is 2.34. The number of carbonyl (C=O) groups excluding carboxylic acids is 3. The molecule has 2 heterocycles. The van der Waals surface area contributed by atoms with Crippen LogP contribution in [0.1, 0.15) is 30.1 Å². The van der Waals surface area contributed by atoms with Crippen LogP contribution in [0.5, 0.6) is 5.75 Å². The highest BCUT2D eigenvalue weighted by Crippen LogP contribution is 2.32. The lowest BCUT2D eigenvalue weighted by molar-refractivity contribution is -0.121. The molecule has 1 saturated heterocycles. The summed E-state index contributed by atoms with van der Waals surface area (Å²) in [6.45, 7) is 2.13. The van der Waals surface area contributed by atoms with E-state index in [0.29, 0.717) is 35.5 Å². The normalized spacial score (nSPS) is 18.3. The zero-order valence-corrected chi connectivity index (χ0v) is 19.4. The molecular weight excluding hydrogens is 462 g/mol. The number of carbonyl (C=O) groups is 3. The molecule has 1 atom stereocenters. The highest BCUT2D eigenvalue weighted by molar-refractivity contribution is 7.89. The number of piperidine rings is 1. The molecule has 2 amide bonds. The first-order valence-corrected chi connectivity index (χ1v) is 12.4. The van der Waals surface area contributed by atoms with Gasteiger partial charge >= 0.3 is 5.97 Å². The predicted molar refractivity (Wildman–Crippen MR) is 123 cm³/mol. The van der Waals surface area contributed by atoms with Crippen LogP contribution in [0.4, 0.5) is 11.4 Å². The van der Waals surface area contributed by atoms with Crippen molar-refractivity contribution in [2.45, 2.75) is 24.7 Å². The Morgan fingerprint density at radius 3 is 2.85 bits per heavy atom. The van der Waals surface area contributed by atoms with Gasteiger partial charge in [0.25, 0.3) is 5.91 Å². The molecule has 2 aromatic carbocycles. The van der Waals surface area contributed by atoms with E-state index in [-0.39, 0.29) is 43.0 Å². The second kappa shape index (κ2) is 9.82. The number of benzene rings is 2. The molecule has 0 spiro atoms. The van der Waals surface area contributed by atoms with Crippen molar-refractivity contribution < 1.29 is 32.3 Å². The zero-order chi connectivity index (χ0) is 24.3. The van der Waals surface area contributed by atoms with Gasteiger partial charge in [0.15, 0.2) is 6.61 Å². The fourth-order valence-electron chi connectivity index (χ4n) is 3.93. The zero-order valence-electron chi connectivity index (χ0n) is 18.6. The van der Waals surface area contributed by atoms with Gasteiger partial charge in [-0.1, -0.05) is 6.07 Å². The Morgan fingerprint density at radius 1 is 1.24 bits per heavy atom. The van der Waals surface area contributed by atoms with Crippen molar-refractivity contribution in [1.29, 1.82) is 0 Å². The summed E-state index contributed by atoms with van der Waals surface area (Å²) in [5.41, 5.74) is 1.04. The van der Waals surface area contributed by atoms with Crippen molar-refractivity contribution in [2.24, 2.45) is 5.92 Å². The average Bonchev–Trinajstić information content (AvgIpc) is 2.84. The first kappa shape index (κ1) is 23.7. The summed E-state index contributed by atoms with van der Waals surface area (Å²) in [6.07, 6.45) is 1.05. The van der Waals surface area contributed by atoms with Crippen LogP contribution in [0.25, 0.3) is 0 Å². The maximum atomic E-state index is 13.3. The molecule has 0 aromatic heterocycles. The molecule has 0 aliphatic carbocycles. The molecule has 0 saturated carbocycles. The van der Waals surface area contributed by atoms with Crippen molar-refractivity contribution in [3.05, 3.63) is 48.0 Å². The number of anilines is 2. The van der Waals surface area contributed by atoms with Crippen LogP contribution in [0, 0.1) is 5.92 Å². The van der Waals surface area contributed by atoms with Gasteiger partial charge in [0.1, 0.15) is 5.75 Å². The van der Waals surface area contributed by atoms with E-state index in [4.69, 9.17) is 9.47 Å². The molecule has 1 fully saturated rings. The lowest BCUT2D eigenvalue weighted by Gasteiger charge is -2.31. The van der Waals surface area contributed by atoms with E-state index in [9.17, 15) is 22.8 Å². The van der Waals surface area contributed by atoms with Crippen molar-refractivity contribution >= 4 is 39.2 Å². The van der Waals surface area contributed by atoms with E-state index in [1.807, 2.05) is 0 Å². The van der Waals surface area contributed by atoms with E-state index in [1.54, 1.807) is 25.1 Å². The Bertz CT molecular complexity index is 1230. The molecule has 34 heavy (non-hydrogen) atoms. The van der Waals surface area contributed by atoms with Crippen LogP contribution in [0.15, 0.2) is 47.4 Å². The summed E-state index contributed by atoms with van der Waals surface area (Å²) in [5.74, 6) is -1.33. The molecule has 0 radical (unpaired) electrons. The van der Waals surface area contributed by atoms with Gasteiger partial charge in [-0.05, 0) is 56.2 Å². The average molecular weight is 488 g/mol. The fourth-order valence-corrected chi connectivity index (χ4v) is 5.48. The minimum Gasteiger partial charge on any atom is -0.482 e. The van der Waals surface area contributed by atoms with E-state index >= 15 is 0 Å². The highest BCUT2D eigenvalue weighted by atomic mass is 32.2. The Kier molecular flexibility index (Phi) is 6.85. The number of hydrogen-bond donors (Lipinski definition) is 2. The van der Waals surface area contributed by atoms with Gasteiger partial charge in [0.05, 0.1) is 28.7 Å². The number of fused-ring (bicyclic) bond motifs is 1. The molecule has 10 nitrogen and oxygen atoms in total. The largest absolute Gasteiger partial charge is 0.482 e. The van der Waals surface area contributed by atoms with Gasteiger partial charge in [-0.3, -0.25) is 9.59 Å². The SMILES string of the molecule is CCOC(=O)c1cccc(NC(=O)[C@H]2CCCN(S(=O)(=O)c3ccc4c(c3)NC(=O)CO4)C2)c1. The standard InChI is InChI=1S/C23H25N3O7S/c1-2-32-23(29)15-5-3-7-17(11-15)24-22(28)16-6-4-10-26(13-16)34(30,31)18-8-9-20-19(12-18)25-21(27)14-33-20/h3,5,7-9,11-12,16H,2,4,6,10,13-14H2,1H3,(H,24,28)(H,25,27)/t16-/m0/s1. The minimum atomic E-state index is -3.89. The smallest absolute Gasteiger partial charge is 0.338 e. The van der Waals surface area contributed by atoms with Crippen molar-refractivity contribution in [3.8, 4) is 5.75 Å². The molecule has 0 unspecified atom stereocenters. The van der Waals surface area contributed by atoms with Gasteiger partial charge in [-0.25, -0.2) is 13.2 Å². The first-order chi connectivity index (χ1) is 16.3. The number of nitrogens with zero attached hydrogens (tertiary/aromatic N) is 1. The van der Waals surface area contributed by atoms with Crippen molar-refractivity contribution in [3.63, 3.8) is 0 Å². The van der Waals surface area contributed by atoms with E-state index in [2.05, 4.69) is 10.6 Å². The first-order valence-electron chi connectivity index (χ1n) is 10.9. The minimum absolute atomic E-state index is 0.0141. The second-order valence-corrected chi connectivity index (χ2v) is 9.93. The second-order valence-electron chi connectivity index (χ2n) is 7.99. The molecular formula is C23H25N3O7S. The Balaban J connectivity index is 1.46. The molecule has 11 heteroatoms.